The van der Waals surface area contributed by atoms with Crippen molar-refractivity contribution < 1.29 is 4.79 Å². The van der Waals surface area contributed by atoms with Gasteiger partial charge in [-0.05, 0) is 0 Å². The maximum atomic E-state index is 11.4. The average molecular weight is 195 g/mol. The van der Waals surface area contributed by atoms with Crippen LogP contribution in [-0.4, -0.2) is 38.2 Å². The van der Waals surface area contributed by atoms with Gasteiger partial charge in [0.05, 0.1) is 6.54 Å². The van der Waals surface area contributed by atoms with Crippen LogP contribution in [0, 0.1) is 0 Å². The maximum absolute atomic E-state index is 11.4. The van der Waals surface area contributed by atoms with Crippen LogP contribution in [-0.2, 0) is 18.4 Å². The molecule has 0 aliphatic carbocycles. The van der Waals surface area contributed by atoms with Crippen molar-refractivity contribution in [3.05, 3.63) is 12.2 Å². The third-order valence-corrected chi connectivity index (χ3v) is 2.38. The summed E-state index contributed by atoms with van der Waals surface area (Å²) < 4.78 is 1.66. The molecular weight excluding hydrogens is 182 g/mol. The summed E-state index contributed by atoms with van der Waals surface area (Å²) in [5.74, 6) is 0.882. The van der Waals surface area contributed by atoms with Gasteiger partial charge in [0, 0.05) is 26.1 Å². The lowest BCUT2D eigenvalue weighted by molar-refractivity contribution is -0.128. The highest BCUT2D eigenvalue weighted by molar-refractivity contribution is 5.79. The highest BCUT2D eigenvalue weighted by Crippen LogP contribution is 2.11. The Kier molecular flexibility index (Phi) is 2.20. The lowest BCUT2D eigenvalue weighted by Crippen LogP contribution is -2.28. The number of hydrogen-bond acceptors (Lipinski definition) is 4. The van der Waals surface area contributed by atoms with Crippen molar-refractivity contribution in [2.75, 3.05) is 6.54 Å². The number of aromatic nitrogens is 3. The number of rotatable bonds is 2. The molecule has 0 bridgehead atoms. The largest absolute Gasteiger partial charge is 0.334 e. The van der Waals surface area contributed by atoms with Crippen molar-refractivity contribution >= 4 is 5.91 Å². The first-order valence-corrected chi connectivity index (χ1v) is 4.53. The van der Waals surface area contributed by atoms with Crippen LogP contribution in [0.1, 0.15) is 12.2 Å². The minimum atomic E-state index is -0.0317. The lowest BCUT2D eigenvalue weighted by atomic mass is 10.3. The molecule has 1 aliphatic rings. The Morgan fingerprint density at radius 3 is 3.00 bits per heavy atom. The van der Waals surface area contributed by atoms with Crippen LogP contribution in [0.5, 0.6) is 0 Å². The summed E-state index contributed by atoms with van der Waals surface area (Å²) in [6, 6.07) is -0.0317. The Hall–Kier alpha value is -1.43. The molecule has 1 aromatic rings. The first-order valence-electron chi connectivity index (χ1n) is 4.53. The number of nitrogens with two attached hydrogens (primary N) is 1. The SMILES string of the molecule is Cn1ncnc1CN1CC(N)CC1=O. The van der Waals surface area contributed by atoms with Gasteiger partial charge in [-0.25, -0.2) is 4.98 Å². The normalized spacial score (nSPS) is 22.0. The van der Waals surface area contributed by atoms with E-state index in [1.54, 1.807) is 9.58 Å². The van der Waals surface area contributed by atoms with E-state index in [4.69, 9.17) is 5.73 Å². The number of nitrogens with zero attached hydrogens (tertiary/aromatic N) is 4. The van der Waals surface area contributed by atoms with Crippen LogP contribution in [0.4, 0.5) is 0 Å². The summed E-state index contributed by atoms with van der Waals surface area (Å²) in [4.78, 5) is 17.2. The predicted molar refractivity (Wildman–Crippen MR) is 49.0 cm³/mol. The number of hydrogen-bond donors (Lipinski definition) is 1. The Morgan fingerprint density at radius 1 is 1.71 bits per heavy atom. The van der Waals surface area contributed by atoms with E-state index < -0.39 is 0 Å². The summed E-state index contributed by atoms with van der Waals surface area (Å²) in [7, 11) is 1.81. The third kappa shape index (κ3) is 1.60. The predicted octanol–water partition coefficient (Wildman–Crippen LogP) is -1.13. The first kappa shape index (κ1) is 9.14. The van der Waals surface area contributed by atoms with E-state index in [-0.39, 0.29) is 11.9 Å². The summed E-state index contributed by atoms with van der Waals surface area (Å²) in [5, 5.41) is 3.94. The fourth-order valence-corrected chi connectivity index (χ4v) is 1.59. The minimum absolute atomic E-state index is 0.0317. The second-order valence-electron chi connectivity index (χ2n) is 3.54. The minimum Gasteiger partial charge on any atom is -0.334 e. The molecule has 0 radical (unpaired) electrons. The number of amides is 1. The van der Waals surface area contributed by atoms with Crippen molar-refractivity contribution in [2.45, 2.75) is 19.0 Å². The highest BCUT2D eigenvalue weighted by atomic mass is 16.2. The molecule has 14 heavy (non-hydrogen) atoms. The molecule has 1 atom stereocenters. The van der Waals surface area contributed by atoms with E-state index in [1.807, 2.05) is 7.05 Å². The van der Waals surface area contributed by atoms with Crippen molar-refractivity contribution in [3.8, 4) is 0 Å². The quantitative estimate of drug-likeness (QED) is 0.648. The van der Waals surface area contributed by atoms with Crippen molar-refractivity contribution in [3.63, 3.8) is 0 Å². The number of aryl methyl sites for hydroxylation is 1. The molecule has 2 rings (SSSR count). The fraction of sp³-hybridized carbons (Fsp3) is 0.625. The molecule has 6 heteroatoms. The standard InChI is InChI=1S/C8H13N5O/c1-12-7(10-5-11-12)4-13-3-6(9)2-8(13)14/h5-6H,2-4,9H2,1H3. The van der Waals surface area contributed by atoms with Crippen LogP contribution in [0.3, 0.4) is 0 Å². The van der Waals surface area contributed by atoms with Gasteiger partial charge in [0.25, 0.3) is 0 Å². The molecule has 6 nitrogen and oxygen atoms in total. The van der Waals surface area contributed by atoms with E-state index in [2.05, 4.69) is 10.1 Å². The average Bonchev–Trinajstić information content (AvgIpc) is 2.62. The summed E-state index contributed by atoms with van der Waals surface area (Å²) >= 11 is 0. The van der Waals surface area contributed by atoms with E-state index >= 15 is 0 Å². The van der Waals surface area contributed by atoms with Crippen LogP contribution < -0.4 is 5.73 Å². The van der Waals surface area contributed by atoms with Gasteiger partial charge in [0.2, 0.25) is 5.91 Å². The Balaban J connectivity index is 2.05. The molecule has 1 saturated heterocycles. The molecule has 0 spiro atoms. The van der Waals surface area contributed by atoms with Crippen molar-refractivity contribution in [1.29, 1.82) is 0 Å². The molecule has 1 fully saturated rings. The maximum Gasteiger partial charge on any atom is 0.224 e. The highest BCUT2D eigenvalue weighted by Gasteiger charge is 2.27. The topological polar surface area (TPSA) is 77.0 Å². The van der Waals surface area contributed by atoms with E-state index in [0.29, 0.717) is 19.5 Å². The van der Waals surface area contributed by atoms with E-state index in [1.165, 1.54) is 6.33 Å². The number of carbonyl (C=O) groups excluding carboxylic acids is 1. The number of carbonyl (C=O) groups is 1. The zero-order valence-electron chi connectivity index (χ0n) is 8.05. The summed E-state index contributed by atoms with van der Waals surface area (Å²) in [5.41, 5.74) is 5.68. The second-order valence-corrected chi connectivity index (χ2v) is 3.54. The molecule has 1 unspecified atom stereocenters. The zero-order chi connectivity index (χ0) is 10.1. The lowest BCUT2D eigenvalue weighted by Gasteiger charge is -2.14. The van der Waals surface area contributed by atoms with E-state index in [0.717, 1.165) is 5.82 Å². The van der Waals surface area contributed by atoms with Crippen molar-refractivity contribution in [1.82, 2.24) is 19.7 Å². The second kappa shape index (κ2) is 3.38. The van der Waals surface area contributed by atoms with Gasteiger partial charge in [-0.1, -0.05) is 0 Å². The van der Waals surface area contributed by atoms with Gasteiger partial charge < -0.3 is 10.6 Å². The number of likely N-dealkylation sites (tertiary alicyclic amines) is 1. The van der Waals surface area contributed by atoms with Gasteiger partial charge in [0.15, 0.2) is 0 Å². The molecule has 2 heterocycles. The van der Waals surface area contributed by atoms with Crippen LogP contribution in [0.25, 0.3) is 0 Å². The smallest absolute Gasteiger partial charge is 0.224 e. The van der Waals surface area contributed by atoms with Gasteiger partial charge in [-0.3, -0.25) is 9.48 Å². The molecule has 1 amide bonds. The molecule has 2 N–H and O–H groups in total. The molecule has 0 saturated carbocycles. The molecule has 0 aromatic carbocycles. The van der Waals surface area contributed by atoms with Gasteiger partial charge in [-0.2, -0.15) is 5.10 Å². The van der Waals surface area contributed by atoms with Gasteiger partial charge in [-0.15, -0.1) is 0 Å². The molecule has 1 aliphatic heterocycles. The summed E-state index contributed by atoms with van der Waals surface area (Å²) in [6.07, 6.45) is 1.92. The Morgan fingerprint density at radius 2 is 2.50 bits per heavy atom. The van der Waals surface area contributed by atoms with Crippen molar-refractivity contribution in [2.24, 2.45) is 12.8 Å². The Labute approximate surface area is 81.7 Å². The van der Waals surface area contributed by atoms with Crippen LogP contribution in [0.15, 0.2) is 6.33 Å². The van der Waals surface area contributed by atoms with E-state index in [9.17, 15) is 4.79 Å². The third-order valence-electron chi connectivity index (χ3n) is 2.38. The summed E-state index contributed by atoms with van der Waals surface area (Å²) in [6.45, 7) is 1.12. The van der Waals surface area contributed by atoms with Crippen LogP contribution >= 0.6 is 0 Å². The zero-order valence-corrected chi connectivity index (χ0v) is 8.05. The fourth-order valence-electron chi connectivity index (χ4n) is 1.59. The molecular formula is C8H13N5O. The first-order chi connectivity index (χ1) is 6.66. The molecule has 1 aromatic heterocycles. The van der Waals surface area contributed by atoms with Crippen LogP contribution in [0.2, 0.25) is 0 Å². The molecule has 76 valence electrons. The van der Waals surface area contributed by atoms with Gasteiger partial charge >= 0.3 is 0 Å². The Bertz CT molecular complexity index is 347. The van der Waals surface area contributed by atoms with Gasteiger partial charge in [0.1, 0.15) is 12.2 Å². The monoisotopic (exact) mass is 195 g/mol.